The molecule has 1 saturated heterocycles. The van der Waals surface area contributed by atoms with Gasteiger partial charge in [0, 0.05) is 18.4 Å². The highest BCUT2D eigenvalue weighted by Crippen LogP contribution is 2.38. The van der Waals surface area contributed by atoms with Crippen LogP contribution in [0.15, 0.2) is 30.6 Å². The Kier molecular flexibility index (Phi) is 6.28. The highest BCUT2D eigenvalue weighted by Gasteiger charge is 2.39. The number of hydrogen-bond acceptors (Lipinski definition) is 7. The maximum Gasteiger partial charge on any atom is 0.267 e. The number of halogens is 1. The molecule has 0 radical (unpaired) electrons. The van der Waals surface area contributed by atoms with Gasteiger partial charge in [-0.3, -0.25) is 14.4 Å². The minimum absolute atomic E-state index is 0.0728. The zero-order valence-electron chi connectivity index (χ0n) is 17.2. The third-order valence-electron chi connectivity index (χ3n) is 5.81. The SMILES string of the molecule is N#Cc1cc(F)cc([C@@H]2CCON2C(=O)C2CCC(COc3cc(C(N)=O)ncn3)C2)c1. The molecule has 1 aliphatic carbocycles. The first kappa shape index (κ1) is 21.6. The molecule has 10 heteroatoms. The molecule has 9 nitrogen and oxygen atoms in total. The second kappa shape index (κ2) is 9.28. The lowest BCUT2D eigenvalue weighted by Crippen LogP contribution is -2.34. The number of hydroxylamine groups is 2. The maximum atomic E-state index is 13.9. The van der Waals surface area contributed by atoms with Gasteiger partial charge in [0.05, 0.1) is 30.9 Å². The second-order valence-corrected chi connectivity index (χ2v) is 7.98. The molecule has 2 aromatic rings. The van der Waals surface area contributed by atoms with E-state index in [1.54, 1.807) is 6.07 Å². The van der Waals surface area contributed by atoms with Crippen molar-refractivity contribution in [3.05, 3.63) is 53.2 Å². The molecule has 2 heterocycles. The summed E-state index contributed by atoms with van der Waals surface area (Å²) in [6.45, 7) is 0.697. The zero-order valence-corrected chi connectivity index (χ0v) is 17.2. The summed E-state index contributed by atoms with van der Waals surface area (Å²) >= 11 is 0. The molecule has 2 aliphatic rings. The van der Waals surface area contributed by atoms with Crippen LogP contribution >= 0.6 is 0 Å². The maximum absolute atomic E-state index is 13.9. The fourth-order valence-corrected chi connectivity index (χ4v) is 4.25. The van der Waals surface area contributed by atoms with Gasteiger partial charge in [-0.2, -0.15) is 5.26 Å². The van der Waals surface area contributed by atoms with E-state index in [1.165, 1.54) is 23.5 Å². The number of carbonyl (C=O) groups is 2. The third kappa shape index (κ3) is 4.68. The van der Waals surface area contributed by atoms with Gasteiger partial charge < -0.3 is 10.5 Å². The molecule has 1 aromatic carbocycles. The Balaban J connectivity index is 1.37. The van der Waals surface area contributed by atoms with Crippen LogP contribution in [0, 0.1) is 29.0 Å². The van der Waals surface area contributed by atoms with E-state index in [0.717, 1.165) is 12.5 Å². The van der Waals surface area contributed by atoms with Crippen LogP contribution in [-0.4, -0.2) is 40.1 Å². The van der Waals surface area contributed by atoms with Crippen molar-refractivity contribution in [2.45, 2.75) is 31.7 Å². The summed E-state index contributed by atoms with van der Waals surface area (Å²) in [4.78, 5) is 37.7. The van der Waals surface area contributed by atoms with Gasteiger partial charge in [-0.15, -0.1) is 0 Å². The second-order valence-electron chi connectivity index (χ2n) is 7.98. The summed E-state index contributed by atoms with van der Waals surface area (Å²) in [6.07, 6.45) is 3.84. The molecule has 0 spiro atoms. The Labute approximate surface area is 183 Å². The van der Waals surface area contributed by atoms with Gasteiger partial charge in [0.25, 0.3) is 5.91 Å². The van der Waals surface area contributed by atoms with Gasteiger partial charge >= 0.3 is 0 Å². The fraction of sp³-hybridized carbons (Fsp3) is 0.409. The van der Waals surface area contributed by atoms with E-state index < -0.39 is 17.8 Å². The number of nitrogens with two attached hydrogens (primary N) is 1. The van der Waals surface area contributed by atoms with Crippen molar-refractivity contribution in [2.75, 3.05) is 13.2 Å². The molecule has 1 saturated carbocycles. The van der Waals surface area contributed by atoms with Crippen molar-refractivity contribution < 1.29 is 23.6 Å². The molecule has 32 heavy (non-hydrogen) atoms. The fourth-order valence-electron chi connectivity index (χ4n) is 4.25. The number of amides is 2. The van der Waals surface area contributed by atoms with Crippen molar-refractivity contribution in [1.29, 1.82) is 5.26 Å². The Morgan fingerprint density at radius 2 is 2.09 bits per heavy atom. The van der Waals surface area contributed by atoms with Crippen molar-refractivity contribution in [1.82, 2.24) is 15.0 Å². The number of aromatic nitrogens is 2. The lowest BCUT2D eigenvalue weighted by Gasteiger charge is -2.26. The molecule has 4 rings (SSSR count). The summed E-state index contributed by atoms with van der Waals surface area (Å²) < 4.78 is 19.6. The standard InChI is InChI=1S/C22H22FN5O4/c23-17-7-14(10-24)6-16(8-17)19-3-4-32-28(19)22(30)15-2-1-13(5-15)11-31-20-9-18(21(25)29)26-12-27-20/h6-9,12-13,15,19H,1-5,11H2,(H2,25,29)/t13?,15?,19-/m0/s1. The quantitative estimate of drug-likeness (QED) is 0.730. The smallest absolute Gasteiger partial charge is 0.267 e. The molecule has 2 N–H and O–H groups in total. The summed E-state index contributed by atoms with van der Waals surface area (Å²) in [5.41, 5.74) is 6.05. The number of nitrogens with zero attached hydrogens (tertiary/aromatic N) is 4. The van der Waals surface area contributed by atoms with Crippen LogP contribution < -0.4 is 10.5 Å². The molecular weight excluding hydrogens is 417 g/mol. The first-order valence-corrected chi connectivity index (χ1v) is 10.4. The van der Waals surface area contributed by atoms with E-state index in [-0.39, 0.29) is 34.9 Å². The highest BCUT2D eigenvalue weighted by molar-refractivity contribution is 5.90. The molecular formula is C22H22FN5O4. The molecule has 0 bridgehead atoms. The Morgan fingerprint density at radius 1 is 1.25 bits per heavy atom. The molecule has 1 aliphatic heterocycles. The Bertz CT molecular complexity index is 1070. The minimum Gasteiger partial charge on any atom is -0.477 e. The van der Waals surface area contributed by atoms with Crippen LogP contribution in [0.1, 0.15) is 53.3 Å². The van der Waals surface area contributed by atoms with Crippen LogP contribution in [0.2, 0.25) is 0 Å². The summed E-state index contributed by atoms with van der Waals surface area (Å²) in [7, 11) is 0. The van der Waals surface area contributed by atoms with E-state index in [4.69, 9.17) is 20.6 Å². The zero-order chi connectivity index (χ0) is 22.7. The van der Waals surface area contributed by atoms with Crippen LogP contribution in [0.5, 0.6) is 5.88 Å². The van der Waals surface area contributed by atoms with Gasteiger partial charge in [0.15, 0.2) is 0 Å². The normalized spacial score (nSPS) is 22.5. The number of rotatable bonds is 6. The molecule has 3 atom stereocenters. The van der Waals surface area contributed by atoms with E-state index >= 15 is 0 Å². The average molecular weight is 439 g/mol. The topological polar surface area (TPSA) is 131 Å². The predicted octanol–water partition coefficient (Wildman–Crippen LogP) is 2.29. The summed E-state index contributed by atoms with van der Waals surface area (Å²) in [6, 6.07) is 7.00. The van der Waals surface area contributed by atoms with Crippen molar-refractivity contribution in [3.8, 4) is 11.9 Å². The molecule has 1 aromatic heterocycles. The van der Waals surface area contributed by atoms with Crippen molar-refractivity contribution in [3.63, 3.8) is 0 Å². The number of nitriles is 1. The molecule has 2 unspecified atom stereocenters. The largest absolute Gasteiger partial charge is 0.477 e. The van der Waals surface area contributed by atoms with E-state index in [9.17, 15) is 14.0 Å². The third-order valence-corrected chi connectivity index (χ3v) is 5.81. The van der Waals surface area contributed by atoms with Crippen LogP contribution in [-0.2, 0) is 9.63 Å². The lowest BCUT2D eigenvalue weighted by molar-refractivity contribution is -0.181. The van der Waals surface area contributed by atoms with Crippen LogP contribution in [0.3, 0.4) is 0 Å². The van der Waals surface area contributed by atoms with Gasteiger partial charge in [-0.1, -0.05) is 0 Å². The number of hydrogen-bond donors (Lipinski definition) is 1. The first-order chi connectivity index (χ1) is 15.4. The lowest BCUT2D eigenvalue weighted by atomic mass is 9.99. The Morgan fingerprint density at radius 3 is 2.88 bits per heavy atom. The van der Waals surface area contributed by atoms with Gasteiger partial charge in [-0.05, 0) is 48.9 Å². The highest BCUT2D eigenvalue weighted by atomic mass is 19.1. The minimum atomic E-state index is -0.663. The van der Waals surface area contributed by atoms with Crippen LogP contribution in [0.25, 0.3) is 0 Å². The predicted molar refractivity (Wildman–Crippen MR) is 108 cm³/mol. The van der Waals surface area contributed by atoms with E-state index in [0.29, 0.717) is 38.0 Å². The number of ether oxygens (including phenoxy) is 1. The molecule has 2 amide bonds. The summed E-state index contributed by atoms with van der Waals surface area (Å²) in [5, 5.41) is 10.5. The van der Waals surface area contributed by atoms with E-state index in [1.807, 2.05) is 6.07 Å². The van der Waals surface area contributed by atoms with Gasteiger partial charge in [0.1, 0.15) is 17.8 Å². The summed E-state index contributed by atoms with van der Waals surface area (Å²) in [5.74, 6) is -1.16. The monoisotopic (exact) mass is 439 g/mol. The Hall–Kier alpha value is -3.58. The van der Waals surface area contributed by atoms with Crippen molar-refractivity contribution in [2.24, 2.45) is 17.6 Å². The number of benzene rings is 1. The molecule has 2 fully saturated rings. The number of primary amides is 1. The molecule has 166 valence electrons. The van der Waals surface area contributed by atoms with Gasteiger partial charge in [-0.25, -0.2) is 19.4 Å². The van der Waals surface area contributed by atoms with Crippen molar-refractivity contribution >= 4 is 11.8 Å². The first-order valence-electron chi connectivity index (χ1n) is 10.4. The average Bonchev–Trinajstić information content (AvgIpc) is 3.47. The number of carbonyl (C=O) groups excluding carboxylic acids is 2. The van der Waals surface area contributed by atoms with Gasteiger partial charge in [0.2, 0.25) is 11.8 Å². The van der Waals surface area contributed by atoms with Crippen LogP contribution in [0.4, 0.5) is 4.39 Å². The van der Waals surface area contributed by atoms with E-state index in [2.05, 4.69) is 9.97 Å².